The molecular formula is C15H16AlNO5. The molecule has 114 valence electrons. The molecule has 2 aromatic rings. The van der Waals surface area contributed by atoms with Gasteiger partial charge in [0.15, 0.2) is 5.43 Å². The van der Waals surface area contributed by atoms with E-state index >= 15 is 0 Å². The molecule has 7 heteroatoms. The fraction of sp³-hybridized carbons (Fsp3) is 0.400. The number of rotatable bonds is 2. The van der Waals surface area contributed by atoms with E-state index in [0.717, 1.165) is 13.0 Å². The Labute approximate surface area is 135 Å². The molecule has 1 fully saturated rings. The molecule has 0 bridgehead atoms. The monoisotopic (exact) mass is 317 g/mol. The number of aliphatic hydroxyl groups excluding tert-OH is 1. The van der Waals surface area contributed by atoms with E-state index in [2.05, 4.69) is 16.3 Å². The first-order valence-electron chi connectivity index (χ1n) is 7.03. The number of benzene rings is 1. The molecule has 22 heavy (non-hydrogen) atoms. The van der Waals surface area contributed by atoms with Gasteiger partial charge in [0.1, 0.15) is 22.5 Å². The molecule has 1 aromatic carbocycles. The Balaban J connectivity index is 2.32. The Kier molecular flexibility index (Phi) is 3.91. The van der Waals surface area contributed by atoms with Crippen LogP contribution in [0.2, 0.25) is 0 Å². The highest BCUT2D eigenvalue weighted by Crippen LogP contribution is 2.42. The molecule has 1 saturated heterocycles. The van der Waals surface area contributed by atoms with Gasteiger partial charge in [0.25, 0.3) is 0 Å². The third kappa shape index (κ3) is 2.31. The first-order chi connectivity index (χ1) is 10.4. The van der Waals surface area contributed by atoms with Crippen LogP contribution in [0.5, 0.6) is 11.5 Å². The average Bonchev–Trinajstić information content (AvgIpc) is 2.78. The summed E-state index contributed by atoms with van der Waals surface area (Å²) in [5, 5.41) is 30.0. The van der Waals surface area contributed by atoms with Gasteiger partial charge in [-0.1, -0.05) is 0 Å². The number of hydrogen-bond donors (Lipinski definition) is 3. The second kappa shape index (κ2) is 5.60. The summed E-state index contributed by atoms with van der Waals surface area (Å²) in [5.41, 5.74) is 0.295. The molecular weight excluding hydrogens is 301 g/mol. The minimum Gasteiger partial charge on any atom is -0.507 e. The number of likely N-dealkylation sites (N-methyl/N-ethyl adjacent to an activating group) is 1. The number of phenolic OH excluding ortho intramolecular Hbond substituents is 2. The van der Waals surface area contributed by atoms with Gasteiger partial charge in [-0.15, -0.1) is 0 Å². The van der Waals surface area contributed by atoms with Crippen molar-refractivity contribution in [3.05, 3.63) is 27.9 Å². The van der Waals surface area contributed by atoms with Gasteiger partial charge in [-0.2, -0.15) is 0 Å². The van der Waals surface area contributed by atoms with Crippen LogP contribution in [0, 0.1) is 0 Å². The van der Waals surface area contributed by atoms with Gasteiger partial charge in [-0.05, 0) is 24.6 Å². The number of likely N-dealkylation sites (tertiary alicyclic amines) is 1. The molecule has 1 unspecified atom stereocenters. The zero-order chi connectivity index (χ0) is 16.0. The molecule has 2 atom stereocenters. The third-order valence-corrected chi connectivity index (χ3v) is 4.68. The zero-order valence-corrected chi connectivity index (χ0v) is 13.3. The SMILES string of the molecule is CN1CCC(c2c(O)cc(O)c3c(=O)c[c]([Al])oc23)[C@@H]1CO. The van der Waals surface area contributed by atoms with Gasteiger partial charge in [0, 0.05) is 29.7 Å². The normalized spacial score (nSPS) is 22.5. The lowest BCUT2D eigenvalue weighted by Crippen LogP contribution is -2.32. The van der Waals surface area contributed by atoms with Crippen LogP contribution in [0.15, 0.2) is 21.3 Å². The van der Waals surface area contributed by atoms with Crippen molar-refractivity contribution in [1.29, 1.82) is 0 Å². The highest BCUT2D eigenvalue weighted by atomic mass is 27.0. The topological polar surface area (TPSA) is 94.1 Å². The van der Waals surface area contributed by atoms with E-state index in [-0.39, 0.29) is 46.5 Å². The molecule has 2 heterocycles. The molecule has 1 aliphatic heterocycles. The van der Waals surface area contributed by atoms with Crippen molar-refractivity contribution in [3.8, 4) is 11.5 Å². The van der Waals surface area contributed by atoms with Crippen LogP contribution in [0.1, 0.15) is 17.9 Å². The van der Waals surface area contributed by atoms with Crippen molar-refractivity contribution in [2.24, 2.45) is 0 Å². The predicted molar refractivity (Wildman–Crippen MR) is 82.1 cm³/mol. The van der Waals surface area contributed by atoms with Crippen LogP contribution in [0.3, 0.4) is 0 Å². The van der Waals surface area contributed by atoms with E-state index in [1.807, 2.05) is 11.9 Å². The first kappa shape index (κ1) is 15.4. The van der Waals surface area contributed by atoms with E-state index in [0.29, 0.717) is 10.2 Å². The molecule has 0 saturated carbocycles. The molecule has 1 aliphatic rings. The number of aromatic hydroxyl groups is 2. The van der Waals surface area contributed by atoms with Crippen molar-refractivity contribution >= 4 is 31.9 Å². The quantitative estimate of drug-likeness (QED) is 0.663. The highest BCUT2D eigenvalue weighted by molar-refractivity contribution is 6.30. The number of nitrogens with zero attached hydrogens (tertiary/aromatic N) is 1. The smallest absolute Gasteiger partial charge is 0.241 e. The van der Waals surface area contributed by atoms with Gasteiger partial charge < -0.3 is 24.6 Å². The average molecular weight is 317 g/mol. The van der Waals surface area contributed by atoms with E-state index in [1.54, 1.807) is 0 Å². The van der Waals surface area contributed by atoms with Gasteiger partial charge >= 0.3 is 0 Å². The van der Waals surface area contributed by atoms with Crippen molar-refractivity contribution < 1.29 is 19.7 Å². The summed E-state index contributed by atoms with van der Waals surface area (Å²) >= 11 is 2.31. The van der Waals surface area contributed by atoms with Crippen LogP contribution in [-0.2, 0) is 0 Å². The van der Waals surface area contributed by atoms with Gasteiger partial charge in [-0.3, -0.25) is 4.79 Å². The Morgan fingerprint density at radius 3 is 2.77 bits per heavy atom. The minimum atomic E-state index is -0.364. The lowest BCUT2D eigenvalue weighted by Gasteiger charge is -2.24. The van der Waals surface area contributed by atoms with Crippen molar-refractivity contribution in [2.75, 3.05) is 20.2 Å². The largest absolute Gasteiger partial charge is 0.507 e. The molecule has 0 spiro atoms. The maximum absolute atomic E-state index is 12.1. The molecule has 0 aliphatic carbocycles. The summed E-state index contributed by atoms with van der Waals surface area (Å²) in [6, 6.07) is 2.28. The lowest BCUT2D eigenvalue weighted by molar-refractivity contribution is 0.172. The Bertz CT molecular complexity index is 788. The highest BCUT2D eigenvalue weighted by Gasteiger charge is 2.36. The molecule has 1 aromatic heterocycles. The maximum atomic E-state index is 12.1. The maximum Gasteiger partial charge on any atom is 0.241 e. The molecule has 6 nitrogen and oxygen atoms in total. The van der Waals surface area contributed by atoms with Crippen LogP contribution in [-0.4, -0.2) is 62.8 Å². The summed E-state index contributed by atoms with van der Waals surface area (Å²) in [6.45, 7) is 0.705. The number of phenols is 2. The van der Waals surface area contributed by atoms with E-state index in [4.69, 9.17) is 4.42 Å². The molecule has 3 rings (SSSR count). The van der Waals surface area contributed by atoms with Gasteiger partial charge in [-0.25, -0.2) is 0 Å². The summed E-state index contributed by atoms with van der Waals surface area (Å²) in [6.07, 6.45) is 0.722. The predicted octanol–water partition coefficient (Wildman–Crippen LogP) is -0.222. The van der Waals surface area contributed by atoms with E-state index < -0.39 is 0 Å². The summed E-state index contributed by atoms with van der Waals surface area (Å²) in [4.78, 5) is 14.1. The summed E-state index contributed by atoms with van der Waals surface area (Å²) in [5.74, 6) is -0.600. The third-order valence-electron chi connectivity index (χ3n) is 4.40. The van der Waals surface area contributed by atoms with E-state index in [9.17, 15) is 20.1 Å². The molecule has 0 amide bonds. The summed E-state index contributed by atoms with van der Waals surface area (Å²) < 4.78 is 5.95. The van der Waals surface area contributed by atoms with Crippen LogP contribution < -0.4 is 10.1 Å². The molecule has 3 N–H and O–H groups in total. The Morgan fingerprint density at radius 1 is 1.36 bits per heavy atom. The minimum absolute atomic E-state index is 0.0604. The molecule has 2 radical (unpaired) electrons. The van der Waals surface area contributed by atoms with Gasteiger partial charge in [0.05, 0.1) is 6.61 Å². The van der Waals surface area contributed by atoms with Crippen molar-refractivity contribution in [3.63, 3.8) is 0 Å². The zero-order valence-electron chi connectivity index (χ0n) is 12.1. The number of aliphatic hydroxyl groups is 1. The second-order valence-corrected chi connectivity index (χ2v) is 6.24. The fourth-order valence-corrected chi connectivity index (χ4v) is 3.58. The first-order valence-corrected chi connectivity index (χ1v) is 7.61. The Hall–Kier alpha value is -1.52. The lowest BCUT2D eigenvalue weighted by atomic mass is 9.89. The number of hydrogen-bond acceptors (Lipinski definition) is 6. The second-order valence-electron chi connectivity index (χ2n) is 5.67. The van der Waals surface area contributed by atoms with Gasteiger partial charge in [0.2, 0.25) is 16.3 Å². The van der Waals surface area contributed by atoms with Crippen molar-refractivity contribution in [1.82, 2.24) is 4.90 Å². The van der Waals surface area contributed by atoms with Crippen LogP contribution in [0.4, 0.5) is 0 Å². The standard InChI is InChI=1S/C15H16NO5.Al/c1-16-4-2-8(9(16)7-17)13-11(19)6-12(20)14-10(18)3-5-21-15(13)14;/h3,6,8-9,17,19-20H,2,4,7H2,1H3;/t8?,9-;/m0./s1. The Morgan fingerprint density at radius 2 is 2.09 bits per heavy atom. The van der Waals surface area contributed by atoms with Crippen LogP contribution in [0.25, 0.3) is 11.0 Å². The van der Waals surface area contributed by atoms with Crippen molar-refractivity contribution in [2.45, 2.75) is 18.4 Å². The fourth-order valence-electron chi connectivity index (χ4n) is 3.31. The van der Waals surface area contributed by atoms with E-state index in [1.165, 1.54) is 12.1 Å². The van der Waals surface area contributed by atoms with Crippen LogP contribution >= 0.6 is 0 Å². The number of fused-ring (bicyclic) bond motifs is 1. The summed E-state index contributed by atoms with van der Waals surface area (Å²) in [7, 11) is 1.90.